The summed E-state index contributed by atoms with van der Waals surface area (Å²) < 4.78 is 3.17. The zero-order valence-electron chi connectivity index (χ0n) is 14.8. The van der Waals surface area contributed by atoms with Gasteiger partial charge in [-0.15, -0.1) is 0 Å². The van der Waals surface area contributed by atoms with Gasteiger partial charge in [0.05, 0.1) is 5.69 Å². The van der Waals surface area contributed by atoms with E-state index in [1.54, 1.807) is 66.1 Å². The highest BCUT2D eigenvalue weighted by Gasteiger charge is 2.16. The van der Waals surface area contributed by atoms with Crippen molar-refractivity contribution in [2.24, 2.45) is 7.05 Å². The fourth-order valence-electron chi connectivity index (χ4n) is 2.42. The van der Waals surface area contributed by atoms with Crippen LogP contribution in [0.1, 0.15) is 29.1 Å². The lowest BCUT2D eigenvalue weighted by atomic mass is 10.2. The van der Waals surface area contributed by atoms with Crippen LogP contribution in [0.25, 0.3) is 0 Å². The van der Waals surface area contributed by atoms with Crippen LogP contribution in [0.15, 0.2) is 48.8 Å². The number of hydrogen-bond donors (Lipinski definition) is 2. The Morgan fingerprint density at radius 1 is 1.04 bits per heavy atom. The summed E-state index contributed by atoms with van der Waals surface area (Å²) in [5.74, 6) is -0.504. The second kappa shape index (κ2) is 7.22. The lowest BCUT2D eigenvalue weighted by Crippen LogP contribution is -2.24. The van der Waals surface area contributed by atoms with Gasteiger partial charge in [-0.05, 0) is 44.2 Å². The van der Waals surface area contributed by atoms with Crippen LogP contribution in [-0.2, 0) is 11.8 Å². The number of rotatable bonds is 5. The van der Waals surface area contributed by atoms with E-state index in [0.29, 0.717) is 17.1 Å². The molecule has 1 unspecified atom stereocenters. The summed E-state index contributed by atoms with van der Waals surface area (Å²) in [6.45, 7) is 3.64. The molecule has 3 rings (SSSR count). The Morgan fingerprint density at radius 3 is 2.38 bits per heavy atom. The number of hydrogen-bond acceptors (Lipinski definition) is 4. The fraction of sp³-hybridized carbons (Fsp3) is 0.222. The molecule has 134 valence electrons. The number of carbonyl (C=O) groups is 2. The molecule has 2 heterocycles. The molecule has 3 aromatic rings. The molecule has 0 fully saturated rings. The van der Waals surface area contributed by atoms with E-state index in [1.165, 1.54) is 0 Å². The van der Waals surface area contributed by atoms with Gasteiger partial charge in [-0.3, -0.25) is 19.0 Å². The second-order valence-corrected chi connectivity index (χ2v) is 6.01. The summed E-state index contributed by atoms with van der Waals surface area (Å²) in [4.78, 5) is 24.6. The van der Waals surface area contributed by atoms with Crippen molar-refractivity contribution in [1.82, 2.24) is 19.6 Å². The van der Waals surface area contributed by atoms with Crippen molar-refractivity contribution in [2.75, 3.05) is 10.6 Å². The van der Waals surface area contributed by atoms with Gasteiger partial charge in [0.1, 0.15) is 6.04 Å². The lowest BCUT2D eigenvalue weighted by molar-refractivity contribution is -0.119. The molecule has 0 saturated carbocycles. The SMILES string of the molecule is Cc1ccn(C(C)C(=O)Nc2cccc(NC(=O)c3ccn(C)n3)c2)n1. The Morgan fingerprint density at radius 2 is 1.77 bits per heavy atom. The van der Waals surface area contributed by atoms with Gasteiger partial charge in [0.2, 0.25) is 5.91 Å². The average Bonchev–Trinajstić information content (AvgIpc) is 3.23. The van der Waals surface area contributed by atoms with Gasteiger partial charge in [-0.1, -0.05) is 6.07 Å². The van der Waals surface area contributed by atoms with E-state index in [4.69, 9.17) is 0 Å². The Labute approximate surface area is 150 Å². The van der Waals surface area contributed by atoms with E-state index in [2.05, 4.69) is 20.8 Å². The summed E-state index contributed by atoms with van der Waals surface area (Å²) >= 11 is 0. The first-order chi connectivity index (χ1) is 12.4. The summed E-state index contributed by atoms with van der Waals surface area (Å²) in [7, 11) is 1.75. The molecule has 1 aromatic carbocycles. The van der Waals surface area contributed by atoms with Crippen LogP contribution in [-0.4, -0.2) is 31.4 Å². The lowest BCUT2D eigenvalue weighted by Gasteiger charge is -2.13. The largest absolute Gasteiger partial charge is 0.324 e. The zero-order chi connectivity index (χ0) is 18.7. The van der Waals surface area contributed by atoms with Crippen molar-refractivity contribution in [3.63, 3.8) is 0 Å². The smallest absolute Gasteiger partial charge is 0.276 e. The van der Waals surface area contributed by atoms with E-state index < -0.39 is 6.04 Å². The van der Waals surface area contributed by atoms with E-state index in [9.17, 15) is 9.59 Å². The molecule has 0 aliphatic rings. The number of benzene rings is 1. The highest BCUT2D eigenvalue weighted by atomic mass is 16.2. The summed E-state index contributed by atoms with van der Waals surface area (Å²) in [6, 6.07) is 9.99. The standard InChI is InChI=1S/C18H20N6O2/c1-12-7-10-24(21-12)13(2)17(25)19-14-5-4-6-15(11-14)20-18(26)16-8-9-23(3)22-16/h4-11,13H,1-3H3,(H,19,25)(H,20,26). The maximum atomic E-state index is 12.4. The van der Waals surface area contributed by atoms with E-state index in [0.717, 1.165) is 5.69 Å². The van der Waals surface area contributed by atoms with Crippen LogP contribution in [0.4, 0.5) is 11.4 Å². The van der Waals surface area contributed by atoms with Gasteiger partial charge in [0, 0.05) is 30.8 Å². The predicted octanol–water partition coefficient (Wildman–Crippen LogP) is 2.38. The Bertz CT molecular complexity index is 943. The van der Waals surface area contributed by atoms with Gasteiger partial charge in [0.25, 0.3) is 5.91 Å². The highest BCUT2D eigenvalue weighted by Crippen LogP contribution is 2.17. The van der Waals surface area contributed by atoms with Gasteiger partial charge >= 0.3 is 0 Å². The zero-order valence-corrected chi connectivity index (χ0v) is 14.8. The molecule has 26 heavy (non-hydrogen) atoms. The van der Waals surface area contributed by atoms with Crippen molar-refractivity contribution in [3.8, 4) is 0 Å². The summed E-state index contributed by atoms with van der Waals surface area (Å²) in [6.07, 6.45) is 3.47. The van der Waals surface area contributed by atoms with Gasteiger partial charge in [0.15, 0.2) is 5.69 Å². The van der Waals surface area contributed by atoms with Crippen LogP contribution >= 0.6 is 0 Å². The van der Waals surface area contributed by atoms with Crippen molar-refractivity contribution < 1.29 is 9.59 Å². The Kier molecular flexibility index (Phi) is 4.83. The van der Waals surface area contributed by atoms with Crippen molar-refractivity contribution >= 4 is 23.2 Å². The molecular formula is C18H20N6O2. The molecule has 0 spiro atoms. The van der Waals surface area contributed by atoms with Crippen LogP contribution < -0.4 is 10.6 Å². The molecule has 0 radical (unpaired) electrons. The summed E-state index contributed by atoms with van der Waals surface area (Å²) in [5, 5.41) is 13.9. The third-order valence-corrected chi connectivity index (χ3v) is 3.85. The number of nitrogens with one attached hydrogen (secondary N) is 2. The summed E-state index contributed by atoms with van der Waals surface area (Å²) in [5.41, 5.74) is 2.33. The van der Waals surface area contributed by atoms with Crippen LogP contribution in [0.5, 0.6) is 0 Å². The fourth-order valence-corrected chi connectivity index (χ4v) is 2.42. The van der Waals surface area contributed by atoms with Crippen molar-refractivity contribution in [2.45, 2.75) is 19.9 Å². The predicted molar refractivity (Wildman–Crippen MR) is 97.9 cm³/mol. The minimum absolute atomic E-state index is 0.193. The van der Waals surface area contributed by atoms with Crippen LogP contribution in [0.2, 0.25) is 0 Å². The van der Waals surface area contributed by atoms with Gasteiger partial charge in [-0.2, -0.15) is 10.2 Å². The third-order valence-electron chi connectivity index (χ3n) is 3.85. The Hall–Kier alpha value is -3.42. The first-order valence-corrected chi connectivity index (χ1v) is 8.16. The normalized spacial score (nSPS) is 11.8. The van der Waals surface area contributed by atoms with Gasteiger partial charge in [-0.25, -0.2) is 0 Å². The van der Waals surface area contributed by atoms with Crippen molar-refractivity contribution in [1.29, 1.82) is 0 Å². The maximum absolute atomic E-state index is 12.4. The van der Waals surface area contributed by atoms with Gasteiger partial charge < -0.3 is 10.6 Å². The maximum Gasteiger partial charge on any atom is 0.276 e. The first kappa shape index (κ1) is 17.4. The van der Waals surface area contributed by atoms with Crippen molar-refractivity contribution in [3.05, 3.63) is 60.2 Å². The minimum Gasteiger partial charge on any atom is -0.324 e. The molecule has 8 heteroatoms. The number of aryl methyl sites for hydroxylation is 2. The van der Waals surface area contributed by atoms with E-state index in [-0.39, 0.29) is 11.8 Å². The second-order valence-electron chi connectivity index (χ2n) is 6.01. The number of aromatic nitrogens is 4. The third kappa shape index (κ3) is 3.97. The molecule has 0 aliphatic carbocycles. The first-order valence-electron chi connectivity index (χ1n) is 8.16. The number of anilines is 2. The molecule has 8 nitrogen and oxygen atoms in total. The molecule has 0 saturated heterocycles. The number of carbonyl (C=O) groups excluding carboxylic acids is 2. The monoisotopic (exact) mass is 352 g/mol. The number of nitrogens with zero attached hydrogens (tertiary/aromatic N) is 4. The van der Waals surface area contributed by atoms with E-state index >= 15 is 0 Å². The molecule has 2 N–H and O–H groups in total. The highest BCUT2D eigenvalue weighted by molar-refractivity contribution is 6.03. The molecule has 2 amide bonds. The molecular weight excluding hydrogens is 332 g/mol. The quantitative estimate of drug-likeness (QED) is 0.737. The average molecular weight is 352 g/mol. The molecule has 2 aromatic heterocycles. The van der Waals surface area contributed by atoms with Crippen LogP contribution in [0.3, 0.4) is 0 Å². The Balaban J connectivity index is 1.67. The molecule has 0 bridgehead atoms. The minimum atomic E-state index is -0.449. The topological polar surface area (TPSA) is 93.8 Å². The number of amides is 2. The van der Waals surface area contributed by atoms with E-state index in [1.807, 2.05) is 13.0 Å². The molecule has 1 atom stereocenters. The molecule has 0 aliphatic heterocycles. The van der Waals surface area contributed by atoms with Crippen LogP contribution in [0, 0.1) is 6.92 Å².